The predicted molar refractivity (Wildman–Crippen MR) is 82.8 cm³/mol. The van der Waals surface area contributed by atoms with Crippen LogP contribution in [0.25, 0.3) is 0 Å². The molecule has 0 saturated heterocycles. The highest BCUT2D eigenvalue weighted by atomic mass is 16.5. The number of rotatable bonds is 6. The lowest BCUT2D eigenvalue weighted by molar-refractivity contribution is -0.122. The SMILES string of the molecule is COc1ccc(Oc2cc(CNC(=O)[C@@H](C)N)ccn2)cc1. The molecule has 0 aliphatic carbocycles. The topological polar surface area (TPSA) is 86.5 Å². The van der Waals surface area contributed by atoms with Gasteiger partial charge in [-0.25, -0.2) is 4.98 Å². The number of benzene rings is 1. The summed E-state index contributed by atoms with van der Waals surface area (Å²) in [5.74, 6) is 1.67. The van der Waals surface area contributed by atoms with Crippen LogP contribution in [0.4, 0.5) is 0 Å². The molecule has 1 atom stereocenters. The van der Waals surface area contributed by atoms with E-state index in [2.05, 4.69) is 10.3 Å². The average molecular weight is 301 g/mol. The summed E-state index contributed by atoms with van der Waals surface area (Å²) >= 11 is 0. The van der Waals surface area contributed by atoms with Crippen molar-refractivity contribution < 1.29 is 14.3 Å². The number of carbonyl (C=O) groups is 1. The van der Waals surface area contributed by atoms with Gasteiger partial charge in [0.2, 0.25) is 11.8 Å². The fourth-order valence-electron chi connectivity index (χ4n) is 1.73. The number of nitrogens with one attached hydrogen (secondary N) is 1. The Morgan fingerprint density at radius 2 is 1.95 bits per heavy atom. The van der Waals surface area contributed by atoms with Crippen molar-refractivity contribution in [2.45, 2.75) is 19.5 Å². The third-order valence-corrected chi connectivity index (χ3v) is 2.96. The molecule has 0 aliphatic heterocycles. The maximum atomic E-state index is 11.5. The second-order valence-corrected chi connectivity index (χ2v) is 4.79. The van der Waals surface area contributed by atoms with Gasteiger partial charge in [0.1, 0.15) is 11.5 Å². The van der Waals surface area contributed by atoms with E-state index in [0.717, 1.165) is 11.3 Å². The van der Waals surface area contributed by atoms with E-state index in [1.165, 1.54) is 0 Å². The zero-order valence-corrected chi connectivity index (χ0v) is 12.6. The summed E-state index contributed by atoms with van der Waals surface area (Å²) in [4.78, 5) is 15.6. The van der Waals surface area contributed by atoms with Crippen LogP contribution in [-0.2, 0) is 11.3 Å². The molecule has 0 spiro atoms. The zero-order valence-electron chi connectivity index (χ0n) is 12.6. The molecule has 1 aromatic carbocycles. The van der Waals surface area contributed by atoms with Crippen molar-refractivity contribution in [3.05, 3.63) is 48.2 Å². The fraction of sp³-hybridized carbons (Fsp3) is 0.250. The minimum atomic E-state index is -0.531. The monoisotopic (exact) mass is 301 g/mol. The van der Waals surface area contributed by atoms with E-state index < -0.39 is 6.04 Å². The Kier molecular flexibility index (Phi) is 5.32. The van der Waals surface area contributed by atoms with Crippen LogP contribution in [-0.4, -0.2) is 24.0 Å². The second kappa shape index (κ2) is 7.42. The molecule has 0 aliphatic rings. The van der Waals surface area contributed by atoms with Crippen molar-refractivity contribution in [3.63, 3.8) is 0 Å². The van der Waals surface area contributed by atoms with Gasteiger partial charge in [0.05, 0.1) is 13.2 Å². The lowest BCUT2D eigenvalue weighted by Crippen LogP contribution is -2.37. The zero-order chi connectivity index (χ0) is 15.9. The minimum absolute atomic E-state index is 0.200. The van der Waals surface area contributed by atoms with Crippen LogP contribution in [0.15, 0.2) is 42.6 Å². The number of hydrogen-bond acceptors (Lipinski definition) is 5. The van der Waals surface area contributed by atoms with Crippen LogP contribution in [0.5, 0.6) is 17.4 Å². The van der Waals surface area contributed by atoms with E-state index in [4.69, 9.17) is 15.2 Å². The number of nitrogens with zero attached hydrogens (tertiary/aromatic N) is 1. The largest absolute Gasteiger partial charge is 0.497 e. The number of pyridine rings is 1. The molecule has 0 bridgehead atoms. The van der Waals surface area contributed by atoms with Gasteiger partial charge >= 0.3 is 0 Å². The standard InChI is InChI=1S/C16H19N3O3/c1-11(17)16(20)19-10-12-7-8-18-15(9-12)22-14-5-3-13(21-2)4-6-14/h3-9,11H,10,17H2,1-2H3,(H,19,20)/t11-/m1/s1. The molecule has 0 unspecified atom stereocenters. The van der Waals surface area contributed by atoms with Gasteiger partial charge in [-0.2, -0.15) is 0 Å². The van der Waals surface area contributed by atoms with Crippen molar-refractivity contribution >= 4 is 5.91 Å². The summed E-state index contributed by atoms with van der Waals surface area (Å²) in [5, 5.41) is 2.74. The Morgan fingerprint density at radius 3 is 2.59 bits per heavy atom. The third kappa shape index (κ3) is 4.46. The van der Waals surface area contributed by atoms with Gasteiger partial charge in [0.25, 0.3) is 0 Å². The number of amides is 1. The van der Waals surface area contributed by atoms with Crippen molar-refractivity contribution in [2.24, 2.45) is 5.73 Å². The summed E-state index contributed by atoms with van der Waals surface area (Å²) < 4.78 is 10.8. The summed E-state index contributed by atoms with van der Waals surface area (Å²) in [6.45, 7) is 2.02. The molecule has 6 nitrogen and oxygen atoms in total. The van der Waals surface area contributed by atoms with Crippen molar-refractivity contribution in [2.75, 3.05) is 7.11 Å². The number of methoxy groups -OCH3 is 1. The molecule has 1 aromatic heterocycles. The van der Waals surface area contributed by atoms with Crippen molar-refractivity contribution in [1.29, 1.82) is 0 Å². The van der Waals surface area contributed by atoms with Gasteiger partial charge < -0.3 is 20.5 Å². The van der Waals surface area contributed by atoms with E-state index in [-0.39, 0.29) is 5.91 Å². The van der Waals surface area contributed by atoms with Gasteiger partial charge in [0.15, 0.2) is 0 Å². The molecule has 116 valence electrons. The predicted octanol–water partition coefficient (Wildman–Crippen LogP) is 1.85. The van der Waals surface area contributed by atoms with E-state index >= 15 is 0 Å². The lowest BCUT2D eigenvalue weighted by Gasteiger charge is -2.09. The van der Waals surface area contributed by atoms with Gasteiger partial charge in [-0.3, -0.25) is 4.79 Å². The fourth-order valence-corrected chi connectivity index (χ4v) is 1.73. The summed E-state index contributed by atoms with van der Waals surface area (Å²) in [6.07, 6.45) is 1.63. The number of carbonyl (C=O) groups excluding carboxylic acids is 1. The molecule has 0 fully saturated rings. The lowest BCUT2D eigenvalue weighted by atomic mass is 10.2. The van der Waals surface area contributed by atoms with E-state index in [1.54, 1.807) is 38.4 Å². The Bertz CT molecular complexity index is 627. The molecule has 6 heteroatoms. The Balaban J connectivity index is 1.99. The highest BCUT2D eigenvalue weighted by Gasteiger charge is 2.07. The third-order valence-electron chi connectivity index (χ3n) is 2.96. The van der Waals surface area contributed by atoms with E-state index in [1.807, 2.05) is 18.2 Å². The number of aromatic nitrogens is 1. The minimum Gasteiger partial charge on any atom is -0.497 e. The smallest absolute Gasteiger partial charge is 0.236 e. The maximum Gasteiger partial charge on any atom is 0.236 e. The Hall–Kier alpha value is -2.60. The first-order valence-electron chi connectivity index (χ1n) is 6.88. The van der Waals surface area contributed by atoms with Crippen molar-refractivity contribution in [1.82, 2.24) is 10.3 Å². The Morgan fingerprint density at radius 1 is 1.27 bits per heavy atom. The summed E-state index contributed by atoms with van der Waals surface area (Å²) in [6, 6.07) is 10.3. The normalized spacial score (nSPS) is 11.6. The van der Waals surface area contributed by atoms with E-state index in [9.17, 15) is 4.79 Å². The Labute approximate surface area is 129 Å². The number of ether oxygens (including phenoxy) is 2. The van der Waals surface area contributed by atoms with Gasteiger partial charge in [0, 0.05) is 18.8 Å². The van der Waals surface area contributed by atoms with Gasteiger partial charge in [-0.05, 0) is 42.8 Å². The molecule has 2 aromatic rings. The number of hydrogen-bond donors (Lipinski definition) is 2. The first-order valence-corrected chi connectivity index (χ1v) is 6.88. The highest BCUT2D eigenvalue weighted by molar-refractivity contribution is 5.80. The first-order chi connectivity index (χ1) is 10.6. The molecule has 2 rings (SSSR count). The van der Waals surface area contributed by atoms with E-state index in [0.29, 0.717) is 18.2 Å². The average Bonchev–Trinajstić information content (AvgIpc) is 2.53. The van der Waals surface area contributed by atoms with Crippen LogP contribution in [0.1, 0.15) is 12.5 Å². The molecule has 3 N–H and O–H groups in total. The molecule has 1 heterocycles. The molecule has 0 radical (unpaired) electrons. The van der Waals surface area contributed by atoms with Crippen LogP contribution in [0, 0.1) is 0 Å². The van der Waals surface area contributed by atoms with Crippen LogP contribution < -0.4 is 20.5 Å². The quantitative estimate of drug-likeness (QED) is 0.850. The molecule has 22 heavy (non-hydrogen) atoms. The second-order valence-electron chi connectivity index (χ2n) is 4.79. The highest BCUT2D eigenvalue weighted by Crippen LogP contribution is 2.22. The maximum absolute atomic E-state index is 11.5. The summed E-state index contributed by atoms with van der Waals surface area (Å²) in [5.41, 5.74) is 6.38. The van der Waals surface area contributed by atoms with Crippen LogP contribution in [0.2, 0.25) is 0 Å². The first kappa shape index (κ1) is 15.8. The summed E-state index contributed by atoms with van der Waals surface area (Å²) in [7, 11) is 1.61. The molecule has 1 amide bonds. The van der Waals surface area contributed by atoms with Crippen molar-refractivity contribution in [3.8, 4) is 17.4 Å². The van der Waals surface area contributed by atoms with Crippen LogP contribution in [0.3, 0.4) is 0 Å². The molecular weight excluding hydrogens is 282 g/mol. The number of nitrogens with two attached hydrogens (primary N) is 1. The molecular formula is C16H19N3O3. The van der Waals surface area contributed by atoms with Gasteiger partial charge in [-0.15, -0.1) is 0 Å². The van der Waals surface area contributed by atoms with Gasteiger partial charge in [-0.1, -0.05) is 0 Å². The van der Waals surface area contributed by atoms with Crippen LogP contribution >= 0.6 is 0 Å². The molecule has 0 saturated carbocycles.